The molecule has 0 saturated carbocycles. The summed E-state index contributed by atoms with van der Waals surface area (Å²) < 4.78 is 8.17. The maximum atomic E-state index is 5.93. The number of rotatable bonds is 2. The van der Waals surface area contributed by atoms with Crippen molar-refractivity contribution in [1.29, 1.82) is 0 Å². The van der Waals surface area contributed by atoms with Gasteiger partial charge in [-0.1, -0.05) is 6.07 Å². The molecular weight excluding hydrogens is 336 g/mol. The lowest BCUT2D eigenvalue weighted by Gasteiger charge is -2.06. The minimum Gasteiger partial charge on any atom is -0.439 e. The van der Waals surface area contributed by atoms with E-state index in [9.17, 15) is 0 Å². The first-order valence-corrected chi connectivity index (χ1v) is 8.78. The first-order valence-electron chi connectivity index (χ1n) is 8.78. The largest absolute Gasteiger partial charge is 0.439 e. The number of anilines is 1. The van der Waals surface area contributed by atoms with Crippen LogP contribution in [0.3, 0.4) is 0 Å². The topological polar surface area (TPSA) is 66.0 Å². The van der Waals surface area contributed by atoms with Crippen molar-refractivity contribution in [3.05, 3.63) is 66.5 Å². The summed E-state index contributed by atoms with van der Waals surface area (Å²) in [5, 5.41) is 4.70. The third-order valence-corrected chi connectivity index (χ3v) is 5.09. The molecule has 0 bridgehead atoms. The number of hydrogen-bond acceptors (Lipinski definition) is 4. The van der Waals surface area contributed by atoms with E-state index in [0.717, 1.165) is 22.0 Å². The number of ether oxygens (including phenoxy) is 1. The molecule has 3 aromatic heterocycles. The van der Waals surface area contributed by atoms with E-state index in [2.05, 4.69) is 52.8 Å². The van der Waals surface area contributed by atoms with E-state index in [-0.39, 0.29) is 0 Å². The lowest BCUT2D eigenvalue weighted by atomic mass is 10.0. The fourth-order valence-electron chi connectivity index (χ4n) is 3.87. The number of benzene rings is 2. The molecule has 5 rings (SSSR count). The van der Waals surface area contributed by atoms with E-state index in [1.165, 1.54) is 21.9 Å². The quantitative estimate of drug-likeness (QED) is 0.487. The standard InChI is InChI=1S/C22H18N4O/c1-13-16-8-9-24-12-14(16)10-18-17-11-15(6-7-19(17)26(2)22(13)18)27-21-5-3-4-20(23)25-21/h3-12H,1-2H3,(H2,23,25). The molecule has 0 aliphatic rings. The van der Waals surface area contributed by atoms with Crippen LogP contribution in [-0.4, -0.2) is 14.5 Å². The van der Waals surface area contributed by atoms with Crippen LogP contribution in [0.2, 0.25) is 0 Å². The molecule has 0 aliphatic carbocycles. The zero-order valence-corrected chi connectivity index (χ0v) is 15.1. The van der Waals surface area contributed by atoms with Crippen LogP contribution in [-0.2, 0) is 7.05 Å². The number of nitrogens with zero attached hydrogens (tertiary/aromatic N) is 3. The van der Waals surface area contributed by atoms with E-state index >= 15 is 0 Å². The van der Waals surface area contributed by atoms with E-state index < -0.39 is 0 Å². The van der Waals surface area contributed by atoms with E-state index in [0.29, 0.717) is 11.7 Å². The van der Waals surface area contributed by atoms with Crippen molar-refractivity contribution in [2.45, 2.75) is 6.92 Å². The summed E-state index contributed by atoms with van der Waals surface area (Å²) in [4.78, 5) is 8.49. The highest BCUT2D eigenvalue weighted by Gasteiger charge is 2.14. The number of nitrogens with two attached hydrogens (primary N) is 1. The van der Waals surface area contributed by atoms with Crippen LogP contribution in [0, 0.1) is 6.92 Å². The fraction of sp³-hybridized carbons (Fsp3) is 0.0909. The summed E-state index contributed by atoms with van der Waals surface area (Å²) in [5.41, 5.74) is 9.38. The second-order valence-corrected chi connectivity index (χ2v) is 6.74. The minimum absolute atomic E-state index is 0.438. The lowest BCUT2D eigenvalue weighted by molar-refractivity contribution is 0.464. The van der Waals surface area contributed by atoms with Gasteiger partial charge in [0.1, 0.15) is 11.6 Å². The number of nitrogen functional groups attached to an aromatic ring is 1. The molecule has 0 radical (unpaired) electrons. The summed E-state index contributed by atoms with van der Waals surface area (Å²) in [5.74, 6) is 1.66. The van der Waals surface area contributed by atoms with Crippen LogP contribution in [0.15, 0.2) is 60.9 Å². The summed E-state index contributed by atoms with van der Waals surface area (Å²) >= 11 is 0. The van der Waals surface area contributed by atoms with E-state index in [1.54, 1.807) is 12.1 Å². The first-order chi connectivity index (χ1) is 13.1. The van der Waals surface area contributed by atoms with Crippen LogP contribution < -0.4 is 10.5 Å². The number of aromatic nitrogens is 3. The minimum atomic E-state index is 0.438. The summed E-state index contributed by atoms with van der Waals surface area (Å²) in [6, 6.07) is 15.7. The van der Waals surface area contributed by atoms with Gasteiger partial charge in [0.25, 0.3) is 0 Å². The van der Waals surface area contributed by atoms with Crippen molar-refractivity contribution >= 4 is 38.4 Å². The molecule has 0 amide bonds. The van der Waals surface area contributed by atoms with Crippen LogP contribution in [0.25, 0.3) is 32.6 Å². The molecule has 0 fully saturated rings. The van der Waals surface area contributed by atoms with Gasteiger partial charge in [-0.25, -0.2) is 0 Å². The molecule has 5 heteroatoms. The zero-order chi connectivity index (χ0) is 18.5. The predicted molar refractivity (Wildman–Crippen MR) is 109 cm³/mol. The maximum Gasteiger partial charge on any atom is 0.221 e. The van der Waals surface area contributed by atoms with Gasteiger partial charge in [-0.05, 0) is 54.3 Å². The van der Waals surface area contributed by atoms with Gasteiger partial charge in [0.2, 0.25) is 5.88 Å². The van der Waals surface area contributed by atoms with Gasteiger partial charge in [-0.15, -0.1) is 0 Å². The summed E-state index contributed by atoms with van der Waals surface area (Å²) in [7, 11) is 2.10. The van der Waals surface area contributed by atoms with Gasteiger partial charge < -0.3 is 15.0 Å². The lowest BCUT2D eigenvalue weighted by Crippen LogP contribution is -1.93. The average Bonchev–Trinajstić information content (AvgIpc) is 2.94. The Hall–Kier alpha value is -3.60. The molecule has 3 heterocycles. The monoisotopic (exact) mass is 354 g/mol. The Morgan fingerprint density at radius 2 is 1.89 bits per heavy atom. The Morgan fingerprint density at radius 1 is 1.00 bits per heavy atom. The van der Waals surface area contributed by atoms with Gasteiger partial charge in [0.15, 0.2) is 0 Å². The van der Waals surface area contributed by atoms with Gasteiger partial charge in [0.05, 0.1) is 5.52 Å². The summed E-state index contributed by atoms with van der Waals surface area (Å²) in [6.45, 7) is 2.16. The Bertz CT molecular complexity index is 1340. The van der Waals surface area contributed by atoms with Crippen LogP contribution in [0.1, 0.15) is 5.56 Å². The molecule has 2 N–H and O–H groups in total. The Labute approximate surface area is 156 Å². The van der Waals surface area contributed by atoms with Crippen molar-refractivity contribution in [3.8, 4) is 11.6 Å². The first kappa shape index (κ1) is 15.6. The van der Waals surface area contributed by atoms with Crippen LogP contribution in [0.5, 0.6) is 11.6 Å². The highest BCUT2D eigenvalue weighted by atomic mass is 16.5. The highest BCUT2D eigenvalue weighted by molar-refractivity contribution is 6.14. The van der Waals surface area contributed by atoms with Crippen LogP contribution in [0.4, 0.5) is 5.82 Å². The maximum absolute atomic E-state index is 5.93. The number of pyridine rings is 2. The van der Waals surface area contributed by atoms with E-state index in [4.69, 9.17) is 10.5 Å². The fourth-order valence-corrected chi connectivity index (χ4v) is 3.87. The van der Waals surface area contributed by atoms with Crippen molar-refractivity contribution in [3.63, 3.8) is 0 Å². The second kappa shape index (κ2) is 5.71. The molecule has 0 atom stereocenters. The molecule has 0 saturated heterocycles. The molecule has 5 aromatic rings. The van der Waals surface area contributed by atoms with Crippen LogP contribution >= 0.6 is 0 Å². The molecule has 0 spiro atoms. The SMILES string of the molecule is Cc1c2ccncc2cc2c3cc(Oc4cccc(N)n4)ccc3n(C)c12. The van der Waals surface area contributed by atoms with Gasteiger partial charge in [-0.2, -0.15) is 4.98 Å². The molecule has 5 nitrogen and oxygen atoms in total. The number of fused-ring (bicyclic) bond motifs is 4. The van der Waals surface area contributed by atoms with E-state index in [1.807, 2.05) is 24.5 Å². The third kappa shape index (κ3) is 2.39. The van der Waals surface area contributed by atoms with Crippen molar-refractivity contribution in [1.82, 2.24) is 14.5 Å². The normalized spacial score (nSPS) is 11.5. The molecule has 132 valence electrons. The highest BCUT2D eigenvalue weighted by Crippen LogP contribution is 2.36. The van der Waals surface area contributed by atoms with Crippen molar-refractivity contribution in [2.24, 2.45) is 7.05 Å². The second-order valence-electron chi connectivity index (χ2n) is 6.74. The van der Waals surface area contributed by atoms with Gasteiger partial charge >= 0.3 is 0 Å². The van der Waals surface area contributed by atoms with Crippen molar-refractivity contribution in [2.75, 3.05) is 5.73 Å². The van der Waals surface area contributed by atoms with Gasteiger partial charge in [0, 0.05) is 47.2 Å². The Balaban J connectivity index is 1.75. The zero-order valence-electron chi connectivity index (χ0n) is 15.1. The molecule has 27 heavy (non-hydrogen) atoms. The number of hydrogen-bond donors (Lipinski definition) is 1. The Morgan fingerprint density at radius 3 is 2.74 bits per heavy atom. The van der Waals surface area contributed by atoms with Gasteiger partial charge in [-0.3, -0.25) is 4.98 Å². The Kier molecular flexibility index (Phi) is 3.31. The number of aryl methyl sites for hydroxylation is 2. The summed E-state index contributed by atoms with van der Waals surface area (Å²) in [6.07, 6.45) is 3.76. The molecule has 0 unspecified atom stereocenters. The third-order valence-electron chi connectivity index (χ3n) is 5.09. The average molecular weight is 354 g/mol. The molecular formula is C22H18N4O. The predicted octanol–water partition coefficient (Wildman–Crippen LogP) is 4.96. The molecule has 0 aliphatic heterocycles. The van der Waals surface area contributed by atoms with Crippen molar-refractivity contribution < 1.29 is 4.74 Å². The smallest absolute Gasteiger partial charge is 0.221 e. The molecule has 2 aromatic carbocycles.